The fraction of sp³-hybridized carbons (Fsp3) is 0.125. The molecule has 0 atom stereocenters. The van der Waals surface area contributed by atoms with Crippen LogP contribution in [0.3, 0.4) is 0 Å². The van der Waals surface area contributed by atoms with Crippen LogP contribution in [-0.2, 0) is 0 Å². The summed E-state index contributed by atoms with van der Waals surface area (Å²) in [5.41, 5.74) is 1.21. The lowest BCUT2D eigenvalue weighted by Crippen LogP contribution is -1.81. The van der Waals surface area contributed by atoms with Gasteiger partial charge in [-0.25, -0.2) is 0 Å². The van der Waals surface area contributed by atoms with E-state index >= 15 is 0 Å². The number of hydrogen-bond donors (Lipinski definition) is 1. The number of benzene rings is 1. The number of hydrogen-bond acceptors (Lipinski definition) is 2. The number of nitriles is 1. The van der Waals surface area contributed by atoms with Crippen LogP contribution < -0.4 is 0 Å². The molecule has 0 fully saturated rings. The third kappa shape index (κ3) is 1.36. The molecule has 0 aromatic heterocycles. The second-order valence-corrected chi connectivity index (χ2v) is 3.00. The van der Waals surface area contributed by atoms with E-state index in [1.807, 2.05) is 13.0 Å². The molecule has 0 heterocycles. The maximum Gasteiger partial charge on any atom is 0.147 e. The monoisotopic (exact) mass is 211 g/mol. The molecule has 0 radical (unpaired) electrons. The van der Waals surface area contributed by atoms with Crippen molar-refractivity contribution in [3.05, 3.63) is 27.7 Å². The SMILES string of the molecule is Cc1ccc(C#N)c(O)c1Br. The average Bonchev–Trinajstić information content (AvgIpc) is 2.01. The highest BCUT2D eigenvalue weighted by Gasteiger charge is 2.05. The molecule has 0 aliphatic heterocycles. The van der Waals surface area contributed by atoms with Gasteiger partial charge in [0.05, 0.1) is 10.0 Å². The highest BCUT2D eigenvalue weighted by molar-refractivity contribution is 9.10. The van der Waals surface area contributed by atoms with Crippen molar-refractivity contribution in [2.24, 2.45) is 0 Å². The van der Waals surface area contributed by atoms with Crippen molar-refractivity contribution in [1.29, 1.82) is 5.26 Å². The number of phenolic OH excluding ortho intramolecular Hbond substituents is 1. The molecule has 0 aliphatic rings. The van der Waals surface area contributed by atoms with Crippen molar-refractivity contribution in [1.82, 2.24) is 0 Å². The highest BCUT2D eigenvalue weighted by atomic mass is 79.9. The van der Waals surface area contributed by atoms with Gasteiger partial charge in [0, 0.05) is 0 Å². The van der Waals surface area contributed by atoms with E-state index in [0.29, 0.717) is 10.0 Å². The van der Waals surface area contributed by atoms with E-state index in [1.54, 1.807) is 12.1 Å². The van der Waals surface area contributed by atoms with Crippen molar-refractivity contribution in [2.75, 3.05) is 0 Å². The van der Waals surface area contributed by atoms with Crippen LogP contribution in [0.4, 0.5) is 0 Å². The van der Waals surface area contributed by atoms with Crippen LogP contribution in [0.15, 0.2) is 16.6 Å². The second-order valence-electron chi connectivity index (χ2n) is 2.20. The van der Waals surface area contributed by atoms with E-state index in [0.717, 1.165) is 5.56 Å². The molecule has 0 saturated heterocycles. The Kier molecular flexibility index (Phi) is 2.16. The van der Waals surface area contributed by atoms with Crippen molar-refractivity contribution in [3.63, 3.8) is 0 Å². The zero-order chi connectivity index (χ0) is 8.43. The number of halogens is 1. The van der Waals surface area contributed by atoms with Gasteiger partial charge in [0.15, 0.2) is 0 Å². The van der Waals surface area contributed by atoms with Gasteiger partial charge in [-0.2, -0.15) is 5.26 Å². The first kappa shape index (κ1) is 8.09. The minimum Gasteiger partial charge on any atom is -0.505 e. The molecule has 0 bridgehead atoms. The van der Waals surface area contributed by atoms with Crippen LogP contribution in [-0.4, -0.2) is 5.11 Å². The third-order valence-electron chi connectivity index (χ3n) is 1.43. The van der Waals surface area contributed by atoms with Gasteiger partial charge in [-0.15, -0.1) is 0 Å². The minimum atomic E-state index is 0.0208. The normalized spacial score (nSPS) is 9.18. The number of aryl methyl sites for hydroxylation is 1. The summed E-state index contributed by atoms with van der Waals surface area (Å²) in [6.45, 7) is 1.85. The molecular formula is C8H6BrNO. The van der Waals surface area contributed by atoms with Crippen LogP contribution in [0.5, 0.6) is 5.75 Å². The van der Waals surface area contributed by atoms with Gasteiger partial charge >= 0.3 is 0 Å². The van der Waals surface area contributed by atoms with Crippen molar-refractivity contribution < 1.29 is 5.11 Å². The Hall–Kier alpha value is -1.01. The fourth-order valence-electron chi connectivity index (χ4n) is 0.756. The Bertz CT molecular complexity index is 328. The first-order valence-corrected chi connectivity index (χ1v) is 3.84. The van der Waals surface area contributed by atoms with Crippen LogP contribution >= 0.6 is 15.9 Å². The van der Waals surface area contributed by atoms with Crippen molar-refractivity contribution in [3.8, 4) is 11.8 Å². The topological polar surface area (TPSA) is 44.0 Å². The van der Waals surface area contributed by atoms with Gasteiger partial charge in [-0.3, -0.25) is 0 Å². The molecule has 0 aliphatic carbocycles. The molecule has 1 aromatic carbocycles. The minimum absolute atomic E-state index is 0.0208. The number of aromatic hydroxyl groups is 1. The summed E-state index contributed by atoms with van der Waals surface area (Å²) in [6, 6.07) is 5.26. The Morgan fingerprint density at radius 3 is 2.73 bits per heavy atom. The highest BCUT2D eigenvalue weighted by Crippen LogP contribution is 2.30. The molecule has 0 saturated carbocycles. The zero-order valence-electron chi connectivity index (χ0n) is 5.93. The van der Waals surface area contributed by atoms with Crippen LogP contribution in [0.25, 0.3) is 0 Å². The standard InChI is InChI=1S/C8H6BrNO/c1-5-2-3-6(4-10)8(11)7(5)9/h2-3,11H,1H3. The molecule has 56 valence electrons. The van der Waals surface area contributed by atoms with Crippen molar-refractivity contribution in [2.45, 2.75) is 6.92 Å². The van der Waals surface area contributed by atoms with Crippen LogP contribution in [0, 0.1) is 18.3 Å². The van der Waals surface area contributed by atoms with Gasteiger partial charge < -0.3 is 5.11 Å². The van der Waals surface area contributed by atoms with E-state index in [2.05, 4.69) is 15.9 Å². The summed E-state index contributed by atoms with van der Waals surface area (Å²) in [5, 5.41) is 17.8. The summed E-state index contributed by atoms with van der Waals surface area (Å²) in [5.74, 6) is 0.0208. The largest absolute Gasteiger partial charge is 0.505 e. The Morgan fingerprint density at radius 1 is 1.55 bits per heavy atom. The molecule has 1 rings (SSSR count). The third-order valence-corrected chi connectivity index (χ3v) is 2.43. The maximum atomic E-state index is 9.31. The molecular weight excluding hydrogens is 206 g/mol. The molecule has 1 N–H and O–H groups in total. The number of rotatable bonds is 0. The summed E-state index contributed by atoms with van der Waals surface area (Å²) in [4.78, 5) is 0. The maximum absolute atomic E-state index is 9.31. The first-order valence-electron chi connectivity index (χ1n) is 3.05. The van der Waals surface area contributed by atoms with Crippen LogP contribution in [0.2, 0.25) is 0 Å². The zero-order valence-corrected chi connectivity index (χ0v) is 7.51. The van der Waals surface area contributed by atoms with Gasteiger partial charge in [-0.1, -0.05) is 6.07 Å². The summed E-state index contributed by atoms with van der Waals surface area (Å²) < 4.78 is 0.594. The van der Waals surface area contributed by atoms with Gasteiger partial charge in [0.1, 0.15) is 11.8 Å². The molecule has 0 spiro atoms. The Morgan fingerprint density at radius 2 is 2.18 bits per heavy atom. The molecule has 0 amide bonds. The lowest BCUT2D eigenvalue weighted by molar-refractivity contribution is 0.469. The molecule has 1 aromatic rings. The average molecular weight is 212 g/mol. The number of nitrogens with zero attached hydrogens (tertiary/aromatic N) is 1. The quantitative estimate of drug-likeness (QED) is 0.717. The summed E-state index contributed by atoms with van der Waals surface area (Å²) in [7, 11) is 0. The van der Waals surface area contributed by atoms with Crippen LogP contribution in [0.1, 0.15) is 11.1 Å². The number of phenols is 1. The Balaban J connectivity index is 3.40. The molecule has 0 unspecified atom stereocenters. The van der Waals surface area contributed by atoms with E-state index in [4.69, 9.17) is 5.26 Å². The lowest BCUT2D eigenvalue weighted by atomic mass is 10.1. The predicted octanol–water partition coefficient (Wildman–Crippen LogP) is 2.33. The van der Waals surface area contributed by atoms with Crippen molar-refractivity contribution >= 4 is 15.9 Å². The molecule has 2 nitrogen and oxygen atoms in total. The van der Waals surface area contributed by atoms with E-state index in [1.165, 1.54) is 0 Å². The summed E-state index contributed by atoms with van der Waals surface area (Å²) >= 11 is 3.17. The Labute approximate surface area is 73.2 Å². The molecule has 3 heteroatoms. The lowest BCUT2D eigenvalue weighted by Gasteiger charge is -2.01. The van der Waals surface area contributed by atoms with E-state index in [9.17, 15) is 5.11 Å². The van der Waals surface area contributed by atoms with E-state index in [-0.39, 0.29) is 5.75 Å². The van der Waals surface area contributed by atoms with E-state index < -0.39 is 0 Å². The predicted molar refractivity (Wildman–Crippen MR) is 45.3 cm³/mol. The summed E-state index contributed by atoms with van der Waals surface area (Å²) in [6.07, 6.45) is 0. The fourth-order valence-corrected chi connectivity index (χ4v) is 1.10. The van der Waals surface area contributed by atoms with Gasteiger partial charge in [0.2, 0.25) is 0 Å². The first-order chi connectivity index (χ1) is 5.16. The smallest absolute Gasteiger partial charge is 0.147 e. The second kappa shape index (κ2) is 2.93. The van der Waals surface area contributed by atoms with Gasteiger partial charge in [0.25, 0.3) is 0 Å². The van der Waals surface area contributed by atoms with Gasteiger partial charge in [-0.05, 0) is 34.5 Å². The molecule has 11 heavy (non-hydrogen) atoms.